The predicted molar refractivity (Wildman–Crippen MR) is 80.3 cm³/mol. The molecular formula is C13H14BrN3OS. The molecule has 1 saturated carbocycles. The van der Waals surface area contributed by atoms with Crippen LogP contribution in [0.2, 0.25) is 0 Å². The van der Waals surface area contributed by atoms with Gasteiger partial charge in [0.15, 0.2) is 0 Å². The molecule has 0 saturated heterocycles. The van der Waals surface area contributed by atoms with E-state index in [2.05, 4.69) is 21.2 Å². The summed E-state index contributed by atoms with van der Waals surface area (Å²) in [5, 5.41) is 4.95. The molecular weight excluding hydrogens is 326 g/mol. The zero-order valence-corrected chi connectivity index (χ0v) is 12.6. The largest absolute Gasteiger partial charge is 0.397 e. The van der Waals surface area contributed by atoms with E-state index in [1.165, 1.54) is 0 Å². The van der Waals surface area contributed by atoms with Crippen LogP contribution in [0.4, 0.5) is 5.69 Å². The number of hydrogen-bond acceptors (Lipinski definition) is 3. The Bertz CT molecular complexity index is 615. The Morgan fingerprint density at radius 3 is 2.95 bits per heavy atom. The first-order valence-electron chi connectivity index (χ1n) is 6.12. The van der Waals surface area contributed by atoms with Crippen molar-refractivity contribution in [2.24, 2.45) is 0 Å². The van der Waals surface area contributed by atoms with Crippen molar-refractivity contribution in [2.45, 2.75) is 25.4 Å². The summed E-state index contributed by atoms with van der Waals surface area (Å²) in [6.45, 7) is 0.546. The summed E-state index contributed by atoms with van der Waals surface area (Å²) >= 11 is 5.03. The Labute approximate surface area is 123 Å². The molecule has 1 aliphatic rings. The number of aromatic nitrogens is 1. The number of carbonyl (C=O) groups is 1. The van der Waals surface area contributed by atoms with E-state index in [-0.39, 0.29) is 5.91 Å². The van der Waals surface area contributed by atoms with E-state index in [4.69, 9.17) is 5.73 Å². The number of thiophene rings is 1. The van der Waals surface area contributed by atoms with E-state index in [9.17, 15) is 4.79 Å². The normalized spacial score (nSPS) is 14.6. The number of hydrogen-bond donors (Lipinski definition) is 2. The van der Waals surface area contributed by atoms with Crippen molar-refractivity contribution in [1.82, 2.24) is 9.88 Å². The molecule has 1 aliphatic carbocycles. The van der Waals surface area contributed by atoms with Crippen molar-refractivity contribution in [3.05, 3.63) is 38.8 Å². The molecule has 3 N–H and O–H groups in total. The standard InChI is InChI=1S/C13H14BrN3OS/c14-8-3-11(19-7-8)5-16-13(18)12-4-9(15)6-17(12)10-1-2-10/h3-4,6-7,10H,1-2,5,15H2,(H,16,18). The van der Waals surface area contributed by atoms with Crippen molar-refractivity contribution in [2.75, 3.05) is 5.73 Å². The highest BCUT2D eigenvalue weighted by Gasteiger charge is 2.27. The van der Waals surface area contributed by atoms with Gasteiger partial charge >= 0.3 is 0 Å². The maximum absolute atomic E-state index is 12.2. The van der Waals surface area contributed by atoms with Gasteiger partial charge in [0.25, 0.3) is 5.91 Å². The van der Waals surface area contributed by atoms with Gasteiger partial charge in [-0.1, -0.05) is 0 Å². The fraction of sp³-hybridized carbons (Fsp3) is 0.308. The minimum Gasteiger partial charge on any atom is -0.397 e. The summed E-state index contributed by atoms with van der Waals surface area (Å²) in [6.07, 6.45) is 4.12. The Morgan fingerprint density at radius 2 is 2.32 bits per heavy atom. The quantitative estimate of drug-likeness (QED) is 0.898. The van der Waals surface area contributed by atoms with Gasteiger partial charge in [0, 0.05) is 27.0 Å². The average Bonchev–Trinajstić information content (AvgIpc) is 3.03. The molecule has 0 spiro atoms. The van der Waals surface area contributed by atoms with Crippen LogP contribution in [0.15, 0.2) is 28.2 Å². The van der Waals surface area contributed by atoms with Crippen molar-refractivity contribution in [3.8, 4) is 0 Å². The van der Waals surface area contributed by atoms with Gasteiger partial charge in [-0.05, 0) is 40.9 Å². The number of carbonyl (C=O) groups excluding carboxylic acids is 1. The molecule has 1 amide bonds. The summed E-state index contributed by atoms with van der Waals surface area (Å²) in [7, 11) is 0. The summed E-state index contributed by atoms with van der Waals surface area (Å²) in [4.78, 5) is 13.3. The topological polar surface area (TPSA) is 60.1 Å². The van der Waals surface area contributed by atoms with Crippen molar-refractivity contribution < 1.29 is 4.79 Å². The first kappa shape index (κ1) is 12.7. The van der Waals surface area contributed by atoms with E-state index < -0.39 is 0 Å². The third kappa shape index (κ3) is 2.84. The first-order valence-corrected chi connectivity index (χ1v) is 7.79. The number of rotatable bonds is 4. The second-order valence-corrected chi connectivity index (χ2v) is 6.62. The second kappa shape index (κ2) is 5.02. The molecule has 3 rings (SSSR count). The molecule has 19 heavy (non-hydrogen) atoms. The average molecular weight is 340 g/mol. The number of amides is 1. The molecule has 0 aliphatic heterocycles. The summed E-state index contributed by atoms with van der Waals surface area (Å²) in [5.41, 5.74) is 7.10. The zero-order valence-electron chi connectivity index (χ0n) is 10.2. The Hall–Kier alpha value is -1.27. The third-order valence-corrected chi connectivity index (χ3v) is 4.79. The number of halogens is 1. The summed E-state index contributed by atoms with van der Waals surface area (Å²) in [6, 6.07) is 4.21. The fourth-order valence-electron chi connectivity index (χ4n) is 2.04. The van der Waals surface area contributed by atoms with Crippen LogP contribution in [0.25, 0.3) is 0 Å². The van der Waals surface area contributed by atoms with Crippen LogP contribution in [0.5, 0.6) is 0 Å². The van der Waals surface area contributed by atoms with Crippen LogP contribution in [-0.4, -0.2) is 10.5 Å². The lowest BCUT2D eigenvalue weighted by Crippen LogP contribution is -2.24. The highest BCUT2D eigenvalue weighted by Crippen LogP contribution is 2.37. The SMILES string of the molecule is Nc1cc(C(=O)NCc2cc(Br)cs2)n(C2CC2)c1. The van der Waals surface area contributed by atoms with E-state index >= 15 is 0 Å². The lowest BCUT2D eigenvalue weighted by Gasteiger charge is -2.07. The Balaban J connectivity index is 1.70. The molecule has 1 fully saturated rings. The summed E-state index contributed by atoms with van der Waals surface area (Å²) < 4.78 is 3.04. The fourth-order valence-corrected chi connectivity index (χ4v) is 3.43. The molecule has 0 aromatic carbocycles. The van der Waals surface area contributed by atoms with Crippen molar-refractivity contribution in [1.29, 1.82) is 0 Å². The van der Waals surface area contributed by atoms with E-state index in [0.29, 0.717) is 24.0 Å². The van der Waals surface area contributed by atoms with Gasteiger partial charge in [-0.2, -0.15) is 0 Å². The van der Waals surface area contributed by atoms with Crippen LogP contribution in [0, 0.1) is 0 Å². The number of nitrogen functional groups attached to an aromatic ring is 1. The molecule has 6 heteroatoms. The van der Waals surface area contributed by atoms with Crippen LogP contribution in [0.1, 0.15) is 34.2 Å². The van der Waals surface area contributed by atoms with Crippen LogP contribution in [0.3, 0.4) is 0 Å². The van der Waals surface area contributed by atoms with Gasteiger partial charge in [-0.15, -0.1) is 11.3 Å². The number of nitrogens with two attached hydrogens (primary N) is 1. The molecule has 0 unspecified atom stereocenters. The molecule has 0 radical (unpaired) electrons. The van der Waals surface area contributed by atoms with Gasteiger partial charge in [0.1, 0.15) is 5.69 Å². The van der Waals surface area contributed by atoms with Crippen molar-refractivity contribution >= 4 is 38.9 Å². The molecule has 0 bridgehead atoms. The number of nitrogens with zero attached hydrogens (tertiary/aromatic N) is 1. The predicted octanol–water partition coefficient (Wildman–Crippen LogP) is 3.16. The maximum Gasteiger partial charge on any atom is 0.268 e. The Morgan fingerprint density at radius 1 is 1.53 bits per heavy atom. The lowest BCUT2D eigenvalue weighted by molar-refractivity contribution is 0.0942. The van der Waals surface area contributed by atoms with Crippen LogP contribution in [-0.2, 0) is 6.54 Å². The Kier molecular flexibility index (Phi) is 3.36. The monoisotopic (exact) mass is 339 g/mol. The third-order valence-electron chi connectivity index (χ3n) is 3.09. The first-order chi connectivity index (χ1) is 9.13. The second-order valence-electron chi connectivity index (χ2n) is 4.71. The van der Waals surface area contributed by atoms with Crippen LogP contribution >= 0.6 is 27.3 Å². The number of anilines is 1. The molecule has 0 atom stereocenters. The maximum atomic E-state index is 12.2. The van der Waals surface area contributed by atoms with Gasteiger partial charge in [-0.3, -0.25) is 4.79 Å². The van der Waals surface area contributed by atoms with E-state index in [0.717, 1.165) is 22.2 Å². The minimum absolute atomic E-state index is 0.0619. The van der Waals surface area contributed by atoms with Gasteiger partial charge in [0.2, 0.25) is 0 Å². The molecule has 2 aromatic rings. The summed E-state index contributed by atoms with van der Waals surface area (Å²) in [5.74, 6) is -0.0619. The highest BCUT2D eigenvalue weighted by atomic mass is 79.9. The van der Waals surface area contributed by atoms with Gasteiger partial charge in [0.05, 0.1) is 12.2 Å². The van der Waals surface area contributed by atoms with E-state index in [1.54, 1.807) is 17.4 Å². The van der Waals surface area contributed by atoms with Gasteiger partial charge < -0.3 is 15.6 Å². The molecule has 4 nitrogen and oxygen atoms in total. The zero-order chi connectivity index (χ0) is 13.4. The molecule has 2 aromatic heterocycles. The molecule has 2 heterocycles. The van der Waals surface area contributed by atoms with Gasteiger partial charge in [-0.25, -0.2) is 0 Å². The highest BCUT2D eigenvalue weighted by molar-refractivity contribution is 9.10. The smallest absolute Gasteiger partial charge is 0.268 e. The van der Waals surface area contributed by atoms with Crippen molar-refractivity contribution in [3.63, 3.8) is 0 Å². The molecule has 100 valence electrons. The lowest BCUT2D eigenvalue weighted by atomic mass is 10.3. The van der Waals surface area contributed by atoms with E-state index in [1.807, 2.05) is 22.2 Å². The van der Waals surface area contributed by atoms with Crippen LogP contribution < -0.4 is 11.1 Å². The number of nitrogens with one attached hydrogen (secondary N) is 1. The minimum atomic E-state index is -0.0619.